The van der Waals surface area contributed by atoms with Crippen LogP contribution in [0.5, 0.6) is 0 Å². The number of sulfonamides is 1. The zero-order valence-corrected chi connectivity index (χ0v) is 21.3. The maximum absolute atomic E-state index is 13.0. The first kappa shape index (κ1) is 23.3. The number of aromatic nitrogens is 6. The lowest BCUT2D eigenvalue weighted by Crippen LogP contribution is -2.57. The molecule has 1 N–H and O–H groups in total. The first-order valence-corrected chi connectivity index (χ1v) is 13.3. The van der Waals surface area contributed by atoms with Crippen molar-refractivity contribution in [3.63, 3.8) is 0 Å². The zero-order chi connectivity index (χ0) is 25.9. The summed E-state index contributed by atoms with van der Waals surface area (Å²) in [6, 6.07) is 14.6. The van der Waals surface area contributed by atoms with Crippen LogP contribution in [-0.4, -0.2) is 43.6 Å². The van der Waals surface area contributed by atoms with Gasteiger partial charge in [0.25, 0.3) is 10.0 Å². The van der Waals surface area contributed by atoms with Crippen LogP contribution in [0.1, 0.15) is 43.1 Å². The SMILES string of the molecule is Cc1ccccc1-n1ccc2c1ncc1nnc([C@H]3C[C@@H](NS(=O)(=O)c4ccc(C#N)cn4)C3(C)C)n12. The monoisotopic (exact) mass is 512 g/mol. The second kappa shape index (κ2) is 8.19. The Morgan fingerprint density at radius 3 is 2.59 bits per heavy atom. The molecule has 5 aromatic rings. The molecule has 11 heteroatoms. The van der Waals surface area contributed by atoms with Crippen molar-refractivity contribution in [1.29, 1.82) is 5.26 Å². The molecule has 4 heterocycles. The molecule has 6 rings (SSSR count). The Bertz CT molecular complexity index is 1810. The molecule has 37 heavy (non-hydrogen) atoms. The summed E-state index contributed by atoms with van der Waals surface area (Å²) >= 11 is 0. The Labute approximate surface area is 213 Å². The Morgan fingerprint density at radius 2 is 1.89 bits per heavy atom. The van der Waals surface area contributed by atoms with Gasteiger partial charge in [0.15, 0.2) is 16.3 Å². The summed E-state index contributed by atoms with van der Waals surface area (Å²) in [5.41, 5.74) is 4.39. The van der Waals surface area contributed by atoms with Gasteiger partial charge in [0.1, 0.15) is 11.9 Å². The summed E-state index contributed by atoms with van der Waals surface area (Å²) in [6.07, 6.45) is 5.53. The van der Waals surface area contributed by atoms with E-state index in [9.17, 15) is 8.42 Å². The molecule has 0 bridgehead atoms. The van der Waals surface area contributed by atoms with Crippen molar-refractivity contribution < 1.29 is 8.42 Å². The second-order valence-corrected chi connectivity index (χ2v) is 11.6. The van der Waals surface area contributed by atoms with Crippen molar-refractivity contribution in [2.75, 3.05) is 0 Å². The number of nitrogens with zero attached hydrogens (tertiary/aromatic N) is 7. The topological polar surface area (TPSA) is 131 Å². The summed E-state index contributed by atoms with van der Waals surface area (Å²) < 4.78 is 32.8. The van der Waals surface area contributed by atoms with Crippen molar-refractivity contribution in [2.45, 2.75) is 44.2 Å². The van der Waals surface area contributed by atoms with Gasteiger partial charge in [-0.2, -0.15) is 5.26 Å². The third-order valence-corrected chi connectivity index (χ3v) is 8.87. The Kier molecular flexibility index (Phi) is 5.15. The Hall–Kier alpha value is -4.14. The van der Waals surface area contributed by atoms with E-state index in [-0.39, 0.29) is 17.0 Å². The van der Waals surface area contributed by atoms with E-state index in [1.165, 1.54) is 18.3 Å². The number of hydrogen-bond donors (Lipinski definition) is 1. The van der Waals surface area contributed by atoms with Crippen LogP contribution in [0.25, 0.3) is 22.5 Å². The van der Waals surface area contributed by atoms with Gasteiger partial charge in [-0.05, 0) is 48.6 Å². The van der Waals surface area contributed by atoms with Crippen molar-refractivity contribution in [2.24, 2.45) is 5.41 Å². The van der Waals surface area contributed by atoms with E-state index >= 15 is 0 Å². The van der Waals surface area contributed by atoms with E-state index in [4.69, 9.17) is 5.26 Å². The standard InChI is InChI=1S/C26H24N8O2S/c1-16-6-4-5-7-19(16)33-11-10-20-25(33)29-15-22-30-31-24(34(20)22)18-12-21(26(18,2)3)32-37(35,36)23-9-8-17(13-27)14-28-23/h4-11,14-15,18,21,32H,12H2,1-3H3/t18-,21-/m1/s1. The van der Waals surface area contributed by atoms with E-state index in [0.29, 0.717) is 17.6 Å². The van der Waals surface area contributed by atoms with E-state index in [2.05, 4.69) is 48.5 Å². The van der Waals surface area contributed by atoms with Crippen LogP contribution < -0.4 is 4.72 Å². The molecule has 0 unspecified atom stereocenters. The number of fused-ring (bicyclic) bond motifs is 3. The van der Waals surface area contributed by atoms with Crippen molar-refractivity contribution >= 4 is 26.8 Å². The van der Waals surface area contributed by atoms with Crippen molar-refractivity contribution in [1.82, 2.24) is 33.9 Å². The fourth-order valence-electron chi connectivity index (χ4n) is 5.15. The van der Waals surface area contributed by atoms with E-state index in [1.807, 2.05) is 48.7 Å². The fraction of sp³-hybridized carbons (Fsp3) is 0.269. The van der Waals surface area contributed by atoms with Crippen LogP contribution in [0, 0.1) is 23.7 Å². The molecule has 1 aliphatic rings. The molecule has 1 saturated carbocycles. The smallest absolute Gasteiger partial charge is 0.258 e. The average molecular weight is 513 g/mol. The number of rotatable bonds is 5. The highest BCUT2D eigenvalue weighted by molar-refractivity contribution is 7.89. The molecule has 186 valence electrons. The highest BCUT2D eigenvalue weighted by Crippen LogP contribution is 2.52. The number of hydrogen-bond acceptors (Lipinski definition) is 7. The summed E-state index contributed by atoms with van der Waals surface area (Å²) in [5.74, 6) is 0.749. The third kappa shape index (κ3) is 3.60. The minimum absolute atomic E-state index is 0.0310. The van der Waals surface area contributed by atoms with Gasteiger partial charge in [-0.1, -0.05) is 32.0 Å². The molecular formula is C26H24N8O2S. The van der Waals surface area contributed by atoms with E-state index < -0.39 is 15.4 Å². The molecule has 2 atom stereocenters. The maximum Gasteiger partial charge on any atom is 0.258 e. The summed E-state index contributed by atoms with van der Waals surface area (Å²) in [6.45, 7) is 6.12. The predicted octanol–water partition coefficient (Wildman–Crippen LogP) is 3.50. The largest absolute Gasteiger partial charge is 0.300 e. The van der Waals surface area contributed by atoms with Gasteiger partial charge in [0.05, 0.1) is 17.3 Å². The molecule has 0 saturated heterocycles. The van der Waals surface area contributed by atoms with E-state index in [0.717, 1.165) is 28.2 Å². The number of pyridine rings is 1. The first-order chi connectivity index (χ1) is 17.7. The molecular weight excluding hydrogens is 488 g/mol. The van der Waals surface area contributed by atoms with Gasteiger partial charge in [-0.3, -0.25) is 8.97 Å². The van der Waals surface area contributed by atoms with Crippen LogP contribution in [0.3, 0.4) is 0 Å². The number of nitrogens with one attached hydrogen (secondary N) is 1. The quantitative estimate of drug-likeness (QED) is 0.381. The summed E-state index contributed by atoms with van der Waals surface area (Å²) in [5, 5.41) is 17.7. The van der Waals surface area contributed by atoms with Gasteiger partial charge in [0.2, 0.25) is 0 Å². The van der Waals surface area contributed by atoms with Gasteiger partial charge in [-0.25, -0.2) is 23.1 Å². The van der Waals surface area contributed by atoms with Crippen LogP contribution >= 0.6 is 0 Å². The highest BCUT2D eigenvalue weighted by atomic mass is 32.2. The number of aryl methyl sites for hydroxylation is 1. The van der Waals surface area contributed by atoms with Gasteiger partial charge in [0, 0.05) is 30.0 Å². The Balaban J connectivity index is 1.33. The molecule has 0 amide bonds. The van der Waals surface area contributed by atoms with Crippen LogP contribution in [0.15, 0.2) is 66.1 Å². The average Bonchev–Trinajstić information content (AvgIpc) is 3.51. The number of benzene rings is 1. The molecule has 0 radical (unpaired) electrons. The number of nitriles is 1. The van der Waals surface area contributed by atoms with Crippen LogP contribution in [0.4, 0.5) is 0 Å². The minimum Gasteiger partial charge on any atom is -0.300 e. The predicted molar refractivity (Wildman–Crippen MR) is 137 cm³/mol. The van der Waals surface area contributed by atoms with Crippen molar-refractivity contribution in [3.05, 3.63) is 78.0 Å². The van der Waals surface area contributed by atoms with Crippen molar-refractivity contribution in [3.8, 4) is 11.8 Å². The molecule has 4 aromatic heterocycles. The summed E-state index contributed by atoms with van der Waals surface area (Å²) in [7, 11) is -3.84. The van der Waals surface area contributed by atoms with E-state index in [1.54, 1.807) is 6.20 Å². The minimum atomic E-state index is -3.84. The maximum atomic E-state index is 13.0. The lowest BCUT2D eigenvalue weighted by Gasteiger charge is -2.51. The lowest BCUT2D eigenvalue weighted by molar-refractivity contribution is 0.0796. The van der Waals surface area contributed by atoms with Gasteiger partial charge >= 0.3 is 0 Å². The lowest BCUT2D eigenvalue weighted by atomic mass is 9.58. The normalized spacial score (nSPS) is 19.1. The summed E-state index contributed by atoms with van der Waals surface area (Å²) in [4.78, 5) is 8.62. The molecule has 10 nitrogen and oxygen atoms in total. The molecule has 1 fully saturated rings. The number of para-hydroxylation sites is 1. The fourth-order valence-corrected chi connectivity index (χ4v) is 6.48. The molecule has 0 spiro atoms. The Morgan fingerprint density at radius 1 is 1.08 bits per heavy atom. The molecule has 1 aliphatic carbocycles. The van der Waals surface area contributed by atoms with Gasteiger partial charge in [-0.15, -0.1) is 10.2 Å². The third-order valence-electron chi connectivity index (χ3n) is 7.49. The molecule has 1 aromatic carbocycles. The van der Waals surface area contributed by atoms with Crippen LogP contribution in [0.2, 0.25) is 0 Å². The van der Waals surface area contributed by atoms with Crippen LogP contribution in [-0.2, 0) is 10.0 Å². The zero-order valence-electron chi connectivity index (χ0n) is 20.5. The van der Waals surface area contributed by atoms with Gasteiger partial charge < -0.3 is 0 Å². The molecule has 0 aliphatic heterocycles. The second-order valence-electron chi connectivity index (χ2n) is 9.97. The first-order valence-electron chi connectivity index (χ1n) is 11.9. The highest BCUT2D eigenvalue weighted by Gasteiger charge is 2.52.